The van der Waals surface area contributed by atoms with E-state index in [-0.39, 0.29) is 11.5 Å². The van der Waals surface area contributed by atoms with E-state index in [1.54, 1.807) is 25.1 Å². The molecule has 0 aliphatic heterocycles. The molecule has 1 aromatic heterocycles. The van der Waals surface area contributed by atoms with Crippen molar-refractivity contribution < 1.29 is 9.21 Å². The number of benzene rings is 1. The quantitative estimate of drug-likeness (QED) is 0.849. The number of carbonyl (C=O) groups is 1. The summed E-state index contributed by atoms with van der Waals surface area (Å²) in [6.07, 6.45) is 1.93. The van der Waals surface area contributed by atoms with Gasteiger partial charge in [0.15, 0.2) is 0 Å². The Morgan fingerprint density at radius 1 is 1.33 bits per heavy atom. The van der Waals surface area contributed by atoms with Crippen LogP contribution in [0.2, 0.25) is 0 Å². The van der Waals surface area contributed by atoms with Gasteiger partial charge in [0.05, 0.1) is 0 Å². The second-order valence-electron chi connectivity index (χ2n) is 6.04. The third-order valence-corrected chi connectivity index (χ3v) is 4.02. The summed E-state index contributed by atoms with van der Waals surface area (Å²) in [7, 11) is 0. The van der Waals surface area contributed by atoms with Crippen molar-refractivity contribution in [1.29, 1.82) is 0 Å². The van der Waals surface area contributed by atoms with Gasteiger partial charge in [-0.3, -0.25) is 4.79 Å². The molecule has 24 heavy (non-hydrogen) atoms. The predicted octanol–water partition coefficient (Wildman–Crippen LogP) is 3.56. The lowest BCUT2D eigenvalue weighted by atomic mass is 10.0. The number of hydrogen-bond acceptors (Lipinski definition) is 4. The largest absolute Gasteiger partial charge is 0.427 e. The van der Waals surface area contributed by atoms with E-state index in [2.05, 4.69) is 12.2 Å². The van der Waals surface area contributed by atoms with Crippen LogP contribution in [0.4, 0.5) is 5.69 Å². The van der Waals surface area contributed by atoms with Gasteiger partial charge >= 0.3 is 5.63 Å². The van der Waals surface area contributed by atoms with E-state index in [0.717, 1.165) is 18.4 Å². The Kier molecular flexibility index (Phi) is 5.93. The van der Waals surface area contributed by atoms with E-state index < -0.39 is 11.5 Å². The van der Waals surface area contributed by atoms with Crippen molar-refractivity contribution in [3.8, 4) is 0 Å². The first-order valence-electron chi connectivity index (χ1n) is 8.21. The van der Waals surface area contributed by atoms with Gasteiger partial charge in [-0.15, -0.1) is 0 Å². The lowest BCUT2D eigenvalue weighted by Gasteiger charge is -2.12. The Labute approximate surface area is 141 Å². The minimum atomic E-state index is -0.597. The van der Waals surface area contributed by atoms with Crippen LogP contribution in [0.15, 0.2) is 39.5 Å². The molecule has 0 fully saturated rings. The van der Waals surface area contributed by atoms with Gasteiger partial charge in [0.1, 0.15) is 11.3 Å². The monoisotopic (exact) mass is 328 g/mol. The van der Waals surface area contributed by atoms with Crippen molar-refractivity contribution in [1.82, 2.24) is 0 Å². The highest BCUT2D eigenvalue weighted by Crippen LogP contribution is 2.21. The fourth-order valence-corrected chi connectivity index (χ4v) is 2.69. The fourth-order valence-electron chi connectivity index (χ4n) is 2.69. The predicted molar refractivity (Wildman–Crippen MR) is 95.3 cm³/mol. The summed E-state index contributed by atoms with van der Waals surface area (Å²) in [6.45, 7) is 6.23. The SMILES string of the molecule is CCCC(C)c1cc(C)c(C(=O)Nc2cccc(CN)c2)c(=O)o1. The molecular formula is C19H24N2O3. The lowest BCUT2D eigenvalue weighted by Crippen LogP contribution is -2.23. The summed E-state index contributed by atoms with van der Waals surface area (Å²) in [5.41, 5.74) is 7.17. The number of hydrogen-bond donors (Lipinski definition) is 2. The molecule has 0 aliphatic carbocycles. The molecule has 3 N–H and O–H groups in total. The first-order valence-corrected chi connectivity index (χ1v) is 8.21. The van der Waals surface area contributed by atoms with Gasteiger partial charge in [0.25, 0.3) is 5.91 Å². The maximum absolute atomic E-state index is 12.5. The molecule has 0 aliphatic rings. The molecule has 1 heterocycles. The van der Waals surface area contributed by atoms with Crippen LogP contribution in [-0.2, 0) is 6.54 Å². The molecule has 0 bridgehead atoms. The molecule has 0 radical (unpaired) electrons. The number of nitrogens with two attached hydrogens (primary N) is 1. The molecule has 1 unspecified atom stereocenters. The van der Waals surface area contributed by atoms with Crippen LogP contribution in [0, 0.1) is 6.92 Å². The average Bonchev–Trinajstić information content (AvgIpc) is 2.54. The molecule has 0 spiro atoms. The molecule has 2 aromatic rings. The number of aryl methyl sites for hydroxylation is 1. The maximum atomic E-state index is 12.5. The van der Waals surface area contributed by atoms with Gasteiger partial charge in [-0.1, -0.05) is 32.4 Å². The molecular weight excluding hydrogens is 304 g/mol. The van der Waals surface area contributed by atoms with Gasteiger partial charge < -0.3 is 15.5 Å². The van der Waals surface area contributed by atoms with E-state index in [1.807, 2.05) is 19.1 Å². The van der Waals surface area contributed by atoms with Gasteiger partial charge in [0, 0.05) is 18.2 Å². The Balaban J connectivity index is 2.27. The molecule has 2 rings (SSSR count). The summed E-state index contributed by atoms with van der Waals surface area (Å²) in [5, 5.41) is 2.73. The number of anilines is 1. The zero-order chi connectivity index (χ0) is 17.7. The van der Waals surface area contributed by atoms with Crippen LogP contribution in [0.1, 0.15) is 59.9 Å². The molecule has 1 aromatic carbocycles. The van der Waals surface area contributed by atoms with Crippen molar-refractivity contribution in [2.45, 2.75) is 46.1 Å². The van der Waals surface area contributed by atoms with E-state index in [4.69, 9.17) is 10.2 Å². The van der Waals surface area contributed by atoms with Gasteiger partial charge in [-0.05, 0) is 42.7 Å². The second kappa shape index (κ2) is 7.93. The van der Waals surface area contributed by atoms with E-state index in [1.165, 1.54) is 0 Å². The average molecular weight is 328 g/mol. The Morgan fingerprint density at radius 3 is 2.71 bits per heavy atom. The minimum absolute atomic E-state index is 0.0422. The Hall–Kier alpha value is -2.40. The lowest BCUT2D eigenvalue weighted by molar-refractivity contribution is 0.102. The minimum Gasteiger partial charge on any atom is -0.427 e. The third-order valence-electron chi connectivity index (χ3n) is 4.02. The van der Waals surface area contributed by atoms with Crippen LogP contribution in [-0.4, -0.2) is 5.91 Å². The molecule has 1 amide bonds. The van der Waals surface area contributed by atoms with E-state index in [9.17, 15) is 9.59 Å². The molecule has 5 nitrogen and oxygen atoms in total. The molecule has 128 valence electrons. The number of carbonyl (C=O) groups excluding carboxylic acids is 1. The first kappa shape index (κ1) is 17.9. The molecule has 5 heteroatoms. The van der Waals surface area contributed by atoms with Crippen LogP contribution in [0.25, 0.3) is 0 Å². The molecule has 1 atom stereocenters. The molecule has 0 saturated carbocycles. The maximum Gasteiger partial charge on any atom is 0.349 e. The number of nitrogens with one attached hydrogen (secondary N) is 1. The number of rotatable bonds is 6. The van der Waals surface area contributed by atoms with Gasteiger partial charge in [0.2, 0.25) is 0 Å². The summed E-state index contributed by atoms with van der Waals surface area (Å²) < 4.78 is 5.37. The van der Waals surface area contributed by atoms with Crippen molar-refractivity contribution in [3.05, 3.63) is 63.2 Å². The number of amides is 1. The third kappa shape index (κ3) is 4.11. The second-order valence-corrected chi connectivity index (χ2v) is 6.04. The normalized spacial score (nSPS) is 12.0. The van der Waals surface area contributed by atoms with Crippen LogP contribution >= 0.6 is 0 Å². The van der Waals surface area contributed by atoms with Crippen molar-refractivity contribution >= 4 is 11.6 Å². The fraction of sp³-hybridized carbons (Fsp3) is 0.368. The van der Waals surface area contributed by atoms with E-state index in [0.29, 0.717) is 23.6 Å². The summed E-state index contributed by atoms with van der Waals surface area (Å²) in [6, 6.07) is 9.01. The summed E-state index contributed by atoms with van der Waals surface area (Å²) >= 11 is 0. The first-order chi connectivity index (χ1) is 11.5. The standard InChI is InChI=1S/C19H24N2O3/c1-4-6-12(2)16-9-13(3)17(19(23)24-16)18(22)21-15-8-5-7-14(10-15)11-20/h5,7-10,12H,4,6,11,20H2,1-3H3,(H,21,22). The highest BCUT2D eigenvalue weighted by Gasteiger charge is 2.19. The zero-order valence-corrected chi connectivity index (χ0v) is 14.4. The van der Waals surface area contributed by atoms with Crippen LogP contribution in [0.5, 0.6) is 0 Å². The zero-order valence-electron chi connectivity index (χ0n) is 14.4. The summed E-state index contributed by atoms with van der Waals surface area (Å²) in [5.74, 6) is 0.311. The van der Waals surface area contributed by atoms with Crippen molar-refractivity contribution in [3.63, 3.8) is 0 Å². The highest BCUT2D eigenvalue weighted by molar-refractivity contribution is 6.04. The summed E-state index contributed by atoms with van der Waals surface area (Å²) in [4.78, 5) is 24.7. The topological polar surface area (TPSA) is 85.3 Å². The van der Waals surface area contributed by atoms with Gasteiger partial charge in [-0.25, -0.2) is 4.79 Å². The van der Waals surface area contributed by atoms with Gasteiger partial charge in [-0.2, -0.15) is 0 Å². The van der Waals surface area contributed by atoms with Crippen molar-refractivity contribution in [2.24, 2.45) is 5.73 Å². The molecule has 0 saturated heterocycles. The van der Waals surface area contributed by atoms with Crippen LogP contribution < -0.4 is 16.7 Å². The smallest absolute Gasteiger partial charge is 0.349 e. The van der Waals surface area contributed by atoms with Crippen molar-refractivity contribution in [2.75, 3.05) is 5.32 Å². The van der Waals surface area contributed by atoms with Crippen LogP contribution in [0.3, 0.4) is 0 Å². The Morgan fingerprint density at radius 2 is 2.08 bits per heavy atom. The highest BCUT2D eigenvalue weighted by atomic mass is 16.4. The Bertz CT molecular complexity index is 780. The van der Waals surface area contributed by atoms with E-state index >= 15 is 0 Å².